The Morgan fingerprint density at radius 2 is 1.74 bits per heavy atom. The molecule has 4 radical (unpaired) electrons. The van der Waals surface area contributed by atoms with Gasteiger partial charge in [0.05, 0.1) is 33.2 Å². The van der Waals surface area contributed by atoms with E-state index in [0.717, 1.165) is 5.56 Å². The van der Waals surface area contributed by atoms with Crippen LogP contribution in [-0.2, 0) is 11.9 Å². The molecule has 0 bridgehead atoms. The lowest BCUT2D eigenvalue weighted by molar-refractivity contribution is 0.564. The normalized spacial score (nSPS) is 11.7. The van der Waals surface area contributed by atoms with Gasteiger partial charge in [0, 0.05) is 16.1 Å². The van der Waals surface area contributed by atoms with Crippen molar-refractivity contribution in [3.8, 4) is 11.3 Å². The Labute approximate surface area is 186 Å². The predicted octanol–water partition coefficient (Wildman–Crippen LogP) is 2.97. The maximum atomic E-state index is 15.0. The van der Waals surface area contributed by atoms with Gasteiger partial charge in [0.25, 0.3) is 5.56 Å². The summed E-state index contributed by atoms with van der Waals surface area (Å²) in [5, 5.41) is 7.20. The lowest BCUT2D eigenvalue weighted by atomic mass is 9.60. The van der Waals surface area contributed by atoms with Crippen LogP contribution in [0.3, 0.4) is 0 Å². The smallest absolute Gasteiger partial charge is 0.274 e. The lowest BCUT2D eigenvalue weighted by Crippen LogP contribution is -2.42. The van der Waals surface area contributed by atoms with Gasteiger partial charge in [-0.2, -0.15) is 9.49 Å². The largest absolute Gasteiger partial charge is 0.325 e. The van der Waals surface area contributed by atoms with Gasteiger partial charge in [0.2, 0.25) is 5.95 Å². The van der Waals surface area contributed by atoms with Gasteiger partial charge in [-0.1, -0.05) is 41.9 Å². The van der Waals surface area contributed by atoms with Crippen LogP contribution >= 0.6 is 11.6 Å². The van der Waals surface area contributed by atoms with Crippen molar-refractivity contribution >= 4 is 38.1 Å². The summed E-state index contributed by atoms with van der Waals surface area (Å²) in [6.07, 6.45) is 0. The first-order valence-corrected chi connectivity index (χ1v) is 9.86. The van der Waals surface area contributed by atoms with E-state index in [4.69, 9.17) is 27.3 Å². The monoisotopic (exact) mass is 428 g/mol. The maximum absolute atomic E-state index is 15.0. The molecule has 5 nitrogen and oxygen atoms in total. The van der Waals surface area contributed by atoms with E-state index in [1.165, 1.54) is 16.8 Å². The molecular weight excluding hydrogens is 412 g/mol. The fourth-order valence-electron chi connectivity index (χ4n) is 3.27. The Morgan fingerprint density at radius 1 is 1.06 bits per heavy atom. The van der Waals surface area contributed by atoms with Gasteiger partial charge in [-0.15, -0.1) is 0 Å². The first kappa shape index (κ1) is 21.3. The SMILES string of the molecule is [B]C([B])(NC)c1ccc(-c2nn(Cc3ccc(Cl)cc3)c(=O)c3ccccc23)c(F)n1. The van der Waals surface area contributed by atoms with Gasteiger partial charge in [-0.3, -0.25) is 4.79 Å². The minimum absolute atomic E-state index is 0.134. The molecule has 2 heterocycles. The minimum atomic E-state index is -1.48. The van der Waals surface area contributed by atoms with Crippen LogP contribution in [0, 0.1) is 5.95 Å². The van der Waals surface area contributed by atoms with Crippen LogP contribution in [0.1, 0.15) is 11.3 Å². The molecule has 0 fully saturated rings. The zero-order valence-electron chi connectivity index (χ0n) is 16.6. The van der Waals surface area contributed by atoms with Crippen LogP contribution < -0.4 is 10.9 Å². The van der Waals surface area contributed by atoms with Crippen LogP contribution in [0.25, 0.3) is 22.0 Å². The molecule has 4 aromatic rings. The third kappa shape index (κ3) is 4.13. The molecule has 0 aliphatic carbocycles. The number of benzene rings is 2. The Kier molecular flexibility index (Phi) is 5.69. The number of pyridine rings is 1. The van der Waals surface area contributed by atoms with E-state index < -0.39 is 11.3 Å². The Bertz CT molecular complexity index is 1330. The van der Waals surface area contributed by atoms with Crippen molar-refractivity contribution < 1.29 is 4.39 Å². The molecule has 4 rings (SSSR count). The minimum Gasteiger partial charge on any atom is -0.325 e. The highest BCUT2D eigenvalue weighted by atomic mass is 35.5. The van der Waals surface area contributed by atoms with Crippen molar-refractivity contribution in [3.63, 3.8) is 0 Å². The fraction of sp³-hybridized carbons (Fsp3) is 0.136. The summed E-state index contributed by atoms with van der Waals surface area (Å²) in [6.45, 7) is 0.204. The molecule has 150 valence electrons. The number of hydrogen-bond donors (Lipinski definition) is 1. The van der Waals surface area contributed by atoms with E-state index in [1.807, 2.05) is 12.1 Å². The van der Waals surface area contributed by atoms with E-state index in [0.29, 0.717) is 21.5 Å². The molecule has 0 atom stereocenters. The number of nitrogens with one attached hydrogen (secondary N) is 1. The van der Waals surface area contributed by atoms with Crippen LogP contribution in [0.5, 0.6) is 0 Å². The Morgan fingerprint density at radius 3 is 2.39 bits per heavy atom. The van der Waals surface area contributed by atoms with Gasteiger partial charge < -0.3 is 5.32 Å². The number of hydrogen-bond acceptors (Lipinski definition) is 4. The molecule has 0 aliphatic rings. The molecule has 0 unspecified atom stereocenters. The molecule has 0 saturated carbocycles. The number of fused-ring (bicyclic) bond motifs is 1. The second kappa shape index (κ2) is 8.29. The molecule has 31 heavy (non-hydrogen) atoms. The summed E-state index contributed by atoms with van der Waals surface area (Å²) < 4.78 is 16.3. The van der Waals surface area contributed by atoms with Crippen molar-refractivity contribution in [1.29, 1.82) is 0 Å². The number of halogens is 2. The molecule has 0 spiro atoms. The van der Waals surface area contributed by atoms with Crippen LogP contribution in [-0.4, -0.2) is 37.5 Å². The second-order valence-corrected chi connectivity index (χ2v) is 7.57. The van der Waals surface area contributed by atoms with E-state index >= 15 is 4.39 Å². The number of aromatic nitrogens is 3. The van der Waals surface area contributed by atoms with E-state index in [-0.39, 0.29) is 23.4 Å². The van der Waals surface area contributed by atoms with Gasteiger partial charge in [-0.25, -0.2) is 9.67 Å². The third-order valence-electron chi connectivity index (χ3n) is 5.05. The molecule has 0 saturated heterocycles. The van der Waals surface area contributed by atoms with Gasteiger partial charge in [0.1, 0.15) is 5.69 Å². The summed E-state index contributed by atoms with van der Waals surface area (Å²) in [5.74, 6) is -0.789. The Balaban J connectivity index is 1.89. The van der Waals surface area contributed by atoms with Gasteiger partial charge in [0.15, 0.2) is 0 Å². The van der Waals surface area contributed by atoms with Crippen molar-refractivity contribution in [1.82, 2.24) is 20.1 Å². The highest BCUT2D eigenvalue weighted by molar-refractivity contribution is 6.39. The van der Waals surface area contributed by atoms with Gasteiger partial charge in [-0.05, 0) is 48.3 Å². The zero-order chi connectivity index (χ0) is 22.2. The molecule has 2 aromatic carbocycles. The zero-order valence-corrected chi connectivity index (χ0v) is 17.4. The highest BCUT2D eigenvalue weighted by Gasteiger charge is 2.22. The molecule has 9 heteroatoms. The molecule has 0 aliphatic heterocycles. The topological polar surface area (TPSA) is 59.8 Å². The first-order valence-electron chi connectivity index (χ1n) is 9.48. The van der Waals surface area contributed by atoms with Crippen molar-refractivity contribution in [3.05, 3.63) is 93.2 Å². The third-order valence-corrected chi connectivity index (χ3v) is 5.31. The average Bonchev–Trinajstić information content (AvgIpc) is 2.77. The quantitative estimate of drug-likeness (QED) is 0.392. The highest BCUT2D eigenvalue weighted by Crippen LogP contribution is 2.27. The summed E-state index contributed by atoms with van der Waals surface area (Å²) in [7, 11) is 13.3. The van der Waals surface area contributed by atoms with Crippen LogP contribution in [0.4, 0.5) is 4.39 Å². The predicted molar refractivity (Wildman–Crippen MR) is 122 cm³/mol. The average molecular weight is 428 g/mol. The Hall–Kier alpha value is -2.96. The summed E-state index contributed by atoms with van der Waals surface area (Å²) in [5.41, 5.74) is 1.12. The first-order chi connectivity index (χ1) is 14.8. The van der Waals surface area contributed by atoms with Gasteiger partial charge >= 0.3 is 0 Å². The fourth-order valence-corrected chi connectivity index (χ4v) is 3.40. The number of rotatable bonds is 5. The second-order valence-electron chi connectivity index (χ2n) is 7.14. The molecule has 1 N–H and O–H groups in total. The summed E-state index contributed by atoms with van der Waals surface area (Å²) in [6, 6.07) is 17.1. The van der Waals surface area contributed by atoms with Crippen LogP contribution in [0.15, 0.2) is 65.5 Å². The molecule has 2 aromatic heterocycles. The van der Waals surface area contributed by atoms with Crippen LogP contribution in [0.2, 0.25) is 5.02 Å². The number of nitrogens with zero attached hydrogens (tertiary/aromatic N) is 3. The standard InChI is InChI=1S/C22H16B2ClFN4O/c1-27-22(23,24)18-11-10-17(20(26)28-18)19-15-4-2-3-5-16(15)21(31)30(29-19)12-13-6-8-14(25)9-7-13/h2-11,27H,12H2,1H3. The maximum Gasteiger partial charge on any atom is 0.274 e. The van der Waals surface area contributed by atoms with E-state index in [9.17, 15) is 4.79 Å². The molecular formula is C22H16B2ClFN4O. The summed E-state index contributed by atoms with van der Waals surface area (Å²) >= 11 is 5.95. The summed E-state index contributed by atoms with van der Waals surface area (Å²) in [4.78, 5) is 16.9. The molecule has 0 amide bonds. The van der Waals surface area contributed by atoms with Crippen molar-refractivity contribution in [2.24, 2.45) is 0 Å². The van der Waals surface area contributed by atoms with E-state index in [2.05, 4.69) is 15.4 Å². The van der Waals surface area contributed by atoms with Crippen molar-refractivity contribution in [2.45, 2.75) is 11.9 Å². The van der Waals surface area contributed by atoms with E-state index in [1.54, 1.807) is 43.4 Å². The lowest BCUT2D eigenvalue weighted by Gasteiger charge is -2.24. The van der Waals surface area contributed by atoms with Crippen molar-refractivity contribution in [2.75, 3.05) is 7.05 Å².